The maximum absolute atomic E-state index is 13.8. The molecule has 1 amide bonds. The highest BCUT2D eigenvalue weighted by atomic mass is 16.6. The third-order valence-electron chi connectivity index (χ3n) is 16.7. The lowest BCUT2D eigenvalue weighted by Crippen LogP contribution is -2.63. The van der Waals surface area contributed by atoms with Crippen LogP contribution < -0.4 is 5.32 Å². The molecule has 5 saturated carbocycles. The lowest BCUT2D eigenvalue weighted by molar-refractivity contribution is -0.223. The van der Waals surface area contributed by atoms with Gasteiger partial charge < -0.3 is 33.7 Å². The van der Waals surface area contributed by atoms with Gasteiger partial charge in [0.05, 0.1) is 29.5 Å². The molecule has 2 spiro atoms. The lowest BCUT2D eigenvalue weighted by Gasteiger charge is -2.65. The summed E-state index contributed by atoms with van der Waals surface area (Å²) in [7, 11) is 5.60. The minimum absolute atomic E-state index is 0.0502. The van der Waals surface area contributed by atoms with E-state index in [2.05, 4.69) is 53.8 Å². The summed E-state index contributed by atoms with van der Waals surface area (Å²) in [5.41, 5.74) is -1.07. The summed E-state index contributed by atoms with van der Waals surface area (Å²) in [6.07, 6.45) is 8.87. The molecule has 0 aromatic heterocycles. The Morgan fingerprint density at radius 2 is 1.46 bits per heavy atom. The first-order valence-electron chi connectivity index (χ1n) is 20.4. The molecule has 13 atom stereocenters. The third-order valence-corrected chi connectivity index (χ3v) is 16.7. The minimum Gasteiger partial charge on any atom is -0.460 e. The molecule has 0 aromatic carbocycles. The second kappa shape index (κ2) is 12.8. The number of ether oxygens (including phenoxy) is 6. The summed E-state index contributed by atoms with van der Waals surface area (Å²) in [6.45, 7) is 25.8. The van der Waals surface area contributed by atoms with Gasteiger partial charge in [-0.1, -0.05) is 41.5 Å². The van der Waals surface area contributed by atoms with Crippen LogP contribution >= 0.6 is 0 Å². The number of carbonyl (C=O) groups is 2. The number of alkyl carbamates (subject to hydrolysis) is 1. The van der Waals surface area contributed by atoms with Crippen LogP contribution in [0.15, 0.2) is 0 Å². The average Bonchev–Trinajstić information content (AvgIpc) is 3.39. The van der Waals surface area contributed by atoms with E-state index in [0.717, 1.165) is 38.5 Å². The Labute approximate surface area is 315 Å². The van der Waals surface area contributed by atoms with Gasteiger partial charge in [-0.25, -0.2) is 9.59 Å². The Bertz CT molecular complexity index is 1390. The van der Waals surface area contributed by atoms with Gasteiger partial charge in [0.1, 0.15) is 17.7 Å². The summed E-state index contributed by atoms with van der Waals surface area (Å²) in [6, 6.07) is -0.788. The number of rotatable bonds is 9. The smallest absolute Gasteiger partial charge is 0.408 e. The Morgan fingerprint density at radius 1 is 0.808 bits per heavy atom. The summed E-state index contributed by atoms with van der Waals surface area (Å²) < 4.78 is 38.1. The summed E-state index contributed by atoms with van der Waals surface area (Å²) in [5, 5.41) is 2.81. The highest BCUT2D eigenvalue weighted by Crippen LogP contribution is 2.89. The second-order valence-corrected chi connectivity index (χ2v) is 21.2. The van der Waals surface area contributed by atoms with Crippen molar-refractivity contribution in [2.45, 2.75) is 188 Å². The van der Waals surface area contributed by atoms with Gasteiger partial charge in [0.15, 0.2) is 0 Å². The number of methoxy groups -OCH3 is 3. The molecule has 0 bridgehead atoms. The molecular weight excluding hydrogens is 658 g/mol. The van der Waals surface area contributed by atoms with Gasteiger partial charge in [-0.05, 0) is 139 Å². The van der Waals surface area contributed by atoms with Gasteiger partial charge in [0.2, 0.25) is 0 Å². The van der Waals surface area contributed by atoms with E-state index in [9.17, 15) is 9.59 Å². The number of nitrogens with one attached hydrogen (secondary N) is 1. The van der Waals surface area contributed by atoms with Gasteiger partial charge in [0, 0.05) is 32.7 Å². The Kier molecular flexibility index (Phi) is 9.91. The molecule has 1 N–H and O–H groups in total. The molecule has 6 rings (SSSR count). The van der Waals surface area contributed by atoms with E-state index >= 15 is 0 Å². The third kappa shape index (κ3) is 5.81. The quantitative estimate of drug-likeness (QED) is 0.236. The van der Waals surface area contributed by atoms with Gasteiger partial charge in [-0.15, -0.1) is 0 Å². The first kappa shape index (κ1) is 40.2. The number of esters is 1. The maximum Gasteiger partial charge on any atom is 0.408 e. The van der Waals surface area contributed by atoms with Gasteiger partial charge in [0.25, 0.3) is 0 Å². The number of hydrogen-bond acceptors (Lipinski definition) is 8. The predicted molar refractivity (Wildman–Crippen MR) is 201 cm³/mol. The highest BCUT2D eigenvalue weighted by Gasteiger charge is 2.85. The van der Waals surface area contributed by atoms with E-state index in [-0.39, 0.29) is 86.4 Å². The summed E-state index contributed by atoms with van der Waals surface area (Å²) in [5.74, 6) is 0.528. The molecule has 3 unspecified atom stereocenters. The Morgan fingerprint density at radius 3 is 2.04 bits per heavy atom. The van der Waals surface area contributed by atoms with E-state index in [1.165, 1.54) is 19.3 Å². The van der Waals surface area contributed by atoms with Gasteiger partial charge >= 0.3 is 12.1 Å². The molecule has 9 heteroatoms. The fourth-order valence-corrected chi connectivity index (χ4v) is 14.0. The fraction of sp³-hybridized carbons (Fsp3) is 0.953. The molecule has 1 saturated heterocycles. The van der Waals surface area contributed by atoms with Gasteiger partial charge in [-0.2, -0.15) is 0 Å². The standard InChI is InChI=1S/C43H73NO8/c1-25(2)31(44-35(46)52-36(3,4)5)34(45)50-29-17-19-43-24-42(43)21-20-39(10)33(41(12)18-16-30(51-41)38(8,9)49-15)27(48-14)23-40(39,11)28(42)22-26(47-13)32(43)37(29,6)7/h25-33H,16-24H2,1-15H3,(H,44,46)/t26-,27-,28?,29?,30-,31-,32-,33-,39+,40-,41+,42?,43+/m0/s1. The largest absolute Gasteiger partial charge is 0.460 e. The number of hydrogen-bond donors (Lipinski definition) is 1. The van der Waals surface area contributed by atoms with Crippen LogP contribution in [0.1, 0.15) is 141 Å². The maximum atomic E-state index is 13.8. The van der Waals surface area contributed by atoms with Crippen LogP contribution in [0, 0.1) is 50.7 Å². The molecule has 1 heterocycles. The van der Waals surface area contributed by atoms with E-state index < -0.39 is 17.7 Å². The van der Waals surface area contributed by atoms with E-state index in [0.29, 0.717) is 5.92 Å². The van der Waals surface area contributed by atoms with Crippen molar-refractivity contribution in [3.63, 3.8) is 0 Å². The van der Waals surface area contributed by atoms with E-state index in [1.807, 2.05) is 48.8 Å². The molecule has 52 heavy (non-hydrogen) atoms. The molecule has 6 fully saturated rings. The Balaban J connectivity index is 1.26. The second-order valence-electron chi connectivity index (χ2n) is 21.2. The summed E-state index contributed by atoms with van der Waals surface area (Å²) >= 11 is 0. The van der Waals surface area contributed by atoms with Gasteiger partial charge in [-0.3, -0.25) is 0 Å². The van der Waals surface area contributed by atoms with Crippen molar-refractivity contribution >= 4 is 12.1 Å². The molecular formula is C43H73NO8. The number of amides is 1. The molecule has 298 valence electrons. The van der Waals surface area contributed by atoms with Crippen LogP contribution in [0.4, 0.5) is 4.79 Å². The zero-order valence-electron chi connectivity index (χ0n) is 35.3. The Hall–Kier alpha value is -1.42. The van der Waals surface area contributed by atoms with Crippen molar-refractivity contribution in [1.82, 2.24) is 5.32 Å². The molecule has 9 nitrogen and oxygen atoms in total. The van der Waals surface area contributed by atoms with Crippen LogP contribution in [0.25, 0.3) is 0 Å². The van der Waals surface area contributed by atoms with Crippen LogP contribution in [0.2, 0.25) is 0 Å². The SMILES string of the molecule is CO[C@H]1C[C@@]2(C)C3C[C@H](OC)[C@H]4C(C)(C)C(OC(=O)[C@@H](NC(=O)OC(C)(C)C)C(C)C)CC[C@@]45CC35CC[C@]2(C)[C@H]1[C@@]1(C)CC[C@@H](C(C)(C)OC)O1. The van der Waals surface area contributed by atoms with Crippen LogP contribution in [0.5, 0.6) is 0 Å². The molecule has 6 aliphatic rings. The van der Waals surface area contributed by atoms with E-state index in [1.54, 1.807) is 7.11 Å². The topological polar surface area (TPSA) is 102 Å². The van der Waals surface area contributed by atoms with Crippen molar-refractivity contribution in [2.24, 2.45) is 50.7 Å². The monoisotopic (exact) mass is 732 g/mol. The number of fused-ring (bicyclic) bond motifs is 2. The highest BCUT2D eigenvalue weighted by molar-refractivity contribution is 5.82. The van der Waals surface area contributed by atoms with Crippen LogP contribution in [0.3, 0.4) is 0 Å². The molecule has 0 aromatic rings. The molecule has 0 radical (unpaired) electrons. The normalized spacial score (nSPS) is 45.7. The van der Waals surface area contributed by atoms with Crippen molar-refractivity contribution in [3.8, 4) is 0 Å². The fourth-order valence-electron chi connectivity index (χ4n) is 14.0. The van der Waals surface area contributed by atoms with Crippen LogP contribution in [-0.2, 0) is 33.2 Å². The van der Waals surface area contributed by atoms with Crippen molar-refractivity contribution < 1.29 is 38.0 Å². The first-order valence-corrected chi connectivity index (χ1v) is 20.4. The minimum atomic E-state index is -0.788. The first-order chi connectivity index (χ1) is 23.9. The lowest BCUT2D eigenvalue weighted by atomic mass is 9.41. The average molecular weight is 732 g/mol. The molecule has 1 aliphatic heterocycles. The van der Waals surface area contributed by atoms with Crippen molar-refractivity contribution in [3.05, 3.63) is 0 Å². The zero-order chi connectivity index (χ0) is 38.7. The van der Waals surface area contributed by atoms with Crippen molar-refractivity contribution in [1.29, 1.82) is 0 Å². The zero-order valence-corrected chi connectivity index (χ0v) is 35.3. The summed E-state index contributed by atoms with van der Waals surface area (Å²) in [4.78, 5) is 26.6. The van der Waals surface area contributed by atoms with Crippen LogP contribution in [-0.4, -0.2) is 80.7 Å². The van der Waals surface area contributed by atoms with E-state index in [4.69, 9.17) is 28.4 Å². The number of carbonyl (C=O) groups excluding carboxylic acids is 2. The predicted octanol–water partition coefficient (Wildman–Crippen LogP) is 8.50. The molecule has 5 aliphatic carbocycles. The van der Waals surface area contributed by atoms with Crippen molar-refractivity contribution in [2.75, 3.05) is 21.3 Å².